The molecule has 3 N–H and O–H groups in total. The number of halogens is 2. The summed E-state index contributed by atoms with van der Waals surface area (Å²) in [6.07, 6.45) is 1.66. The number of hydrogen-bond donors (Lipinski definition) is 2. The fourth-order valence-electron chi connectivity index (χ4n) is 2.52. The van der Waals surface area contributed by atoms with Gasteiger partial charge in [-0.25, -0.2) is 0 Å². The molecule has 0 radical (unpaired) electrons. The van der Waals surface area contributed by atoms with Crippen molar-refractivity contribution in [2.75, 3.05) is 39.3 Å². The number of amides is 2. The van der Waals surface area contributed by atoms with Gasteiger partial charge in [0.15, 0.2) is 0 Å². The first kappa shape index (κ1) is 23.4. The minimum Gasteiger partial charge on any atom is -0.352 e. The van der Waals surface area contributed by atoms with Gasteiger partial charge >= 0.3 is 0 Å². The van der Waals surface area contributed by atoms with Crippen LogP contribution in [0.25, 0.3) is 0 Å². The van der Waals surface area contributed by atoms with Crippen molar-refractivity contribution in [3.05, 3.63) is 48.0 Å². The fraction of sp³-hybridized carbons (Fsp3) is 0.412. The highest BCUT2D eigenvalue weighted by Gasteiger charge is 2.23. The van der Waals surface area contributed by atoms with Crippen LogP contribution in [0.15, 0.2) is 36.9 Å². The molecular weight excluding hydrogens is 363 g/mol. The zero-order chi connectivity index (χ0) is 16.7. The maximum Gasteiger partial charge on any atom is 0.253 e. The van der Waals surface area contributed by atoms with Crippen LogP contribution in [-0.2, 0) is 11.3 Å². The Morgan fingerprint density at radius 3 is 2.24 bits per heavy atom. The number of carbonyl (C=O) groups is 2. The van der Waals surface area contributed by atoms with Gasteiger partial charge in [-0.3, -0.25) is 14.5 Å². The third-order valence-corrected chi connectivity index (χ3v) is 3.91. The number of benzene rings is 1. The molecule has 1 aliphatic heterocycles. The molecule has 1 fully saturated rings. The molecule has 0 aromatic heterocycles. The summed E-state index contributed by atoms with van der Waals surface area (Å²) in [7, 11) is 0. The van der Waals surface area contributed by atoms with Crippen LogP contribution in [0.5, 0.6) is 0 Å². The average Bonchev–Trinajstić information content (AvgIpc) is 2.60. The van der Waals surface area contributed by atoms with Crippen LogP contribution in [-0.4, -0.2) is 60.9 Å². The predicted octanol–water partition coefficient (Wildman–Crippen LogP) is 1.05. The average molecular weight is 389 g/mol. The third kappa shape index (κ3) is 7.04. The van der Waals surface area contributed by atoms with E-state index in [0.29, 0.717) is 51.4 Å². The van der Waals surface area contributed by atoms with Gasteiger partial charge in [-0.2, -0.15) is 0 Å². The molecular formula is C17H26Cl2N4O2. The number of piperazine rings is 1. The van der Waals surface area contributed by atoms with Crippen LogP contribution >= 0.6 is 24.8 Å². The molecule has 0 saturated carbocycles. The Balaban J connectivity index is 0.00000288. The number of carbonyl (C=O) groups excluding carboxylic acids is 2. The summed E-state index contributed by atoms with van der Waals surface area (Å²) in [4.78, 5) is 28.0. The normalized spacial score (nSPS) is 14.0. The van der Waals surface area contributed by atoms with Gasteiger partial charge in [0, 0.05) is 44.8 Å². The van der Waals surface area contributed by atoms with E-state index < -0.39 is 0 Å². The van der Waals surface area contributed by atoms with Crippen molar-refractivity contribution < 1.29 is 9.59 Å². The zero-order valence-electron chi connectivity index (χ0n) is 14.1. The Labute approximate surface area is 161 Å². The second-order valence-corrected chi connectivity index (χ2v) is 5.56. The number of nitrogens with zero attached hydrogens (tertiary/aromatic N) is 2. The van der Waals surface area contributed by atoms with Crippen molar-refractivity contribution in [1.29, 1.82) is 0 Å². The summed E-state index contributed by atoms with van der Waals surface area (Å²) in [6.45, 7) is 7.55. The number of nitrogens with two attached hydrogens (primary N) is 1. The van der Waals surface area contributed by atoms with Crippen LogP contribution in [0.1, 0.15) is 15.9 Å². The van der Waals surface area contributed by atoms with Gasteiger partial charge in [0.2, 0.25) is 5.91 Å². The van der Waals surface area contributed by atoms with E-state index >= 15 is 0 Å². The molecule has 140 valence electrons. The van der Waals surface area contributed by atoms with E-state index in [2.05, 4.69) is 16.8 Å². The Morgan fingerprint density at radius 2 is 1.72 bits per heavy atom. The Hall–Kier alpha value is -1.60. The predicted molar refractivity (Wildman–Crippen MR) is 104 cm³/mol. The highest BCUT2D eigenvalue weighted by atomic mass is 35.5. The summed E-state index contributed by atoms with van der Waals surface area (Å²) >= 11 is 0. The Morgan fingerprint density at radius 1 is 1.12 bits per heavy atom. The number of rotatable bonds is 6. The van der Waals surface area contributed by atoms with Crippen LogP contribution in [0.2, 0.25) is 0 Å². The molecule has 2 amide bonds. The first-order valence-corrected chi connectivity index (χ1v) is 7.82. The topological polar surface area (TPSA) is 78.7 Å². The van der Waals surface area contributed by atoms with Crippen LogP contribution < -0.4 is 11.1 Å². The fourth-order valence-corrected chi connectivity index (χ4v) is 2.52. The van der Waals surface area contributed by atoms with Gasteiger partial charge in [0.1, 0.15) is 0 Å². The van der Waals surface area contributed by atoms with Gasteiger partial charge in [0.05, 0.1) is 6.54 Å². The molecule has 0 spiro atoms. The van der Waals surface area contributed by atoms with Crippen molar-refractivity contribution in [3.8, 4) is 0 Å². The quantitative estimate of drug-likeness (QED) is 0.713. The summed E-state index contributed by atoms with van der Waals surface area (Å²) in [5, 5.41) is 2.76. The zero-order valence-corrected chi connectivity index (χ0v) is 15.8. The molecule has 8 heteroatoms. The summed E-state index contributed by atoms with van der Waals surface area (Å²) in [6, 6.07) is 7.40. The molecule has 1 aromatic rings. The third-order valence-electron chi connectivity index (χ3n) is 3.91. The number of hydrogen-bond acceptors (Lipinski definition) is 4. The van der Waals surface area contributed by atoms with Crippen molar-refractivity contribution in [2.45, 2.75) is 6.54 Å². The van der Waals surface area contributed by atoms with E-state index in [9.17, 15) is 9.59 Å². The molecule has 25 heavy (non-hydrogen) atoms. The molecule has 0 atom stereocenters. The first-order chi connectivity index (χ1) is 11.1. The maximum absolute atomic E-state index is 12.5. The SMILES string of the molecule is C=CCNC(=O)CN1CCN(C(=O)c2ccc(CN)cc2)CC1.Cl.Cl. The monoisotopic (exact) mass is 388 g/mol. The van der Waals surface area contributed by atoms with E-state index in [1.54, 1.807) is 6.08 Å². The Bertz CT molecular complexity index is 558. The van der Waals surface area contributed by atoms with Gasteiger partial charge in [-0.05, 0) is 17.7 Å². The van der Waals surface area contributed by atoms with Crippen LogP contribution in [0.4, 0.5) is 0 Å². The van der Waals surface area contributed by atoms with E-state index in [4.69, 9.17) is 5.73 Å². The molecule has 1 heterocycles. The lowest BCUT2D eigenvalue weighted by Gasteiger charge is -2.34. The van der Waals surface area contributed by atoms with Gasteiger partial charge in [-0.1, -0.05) is 18.2 Å². The lowest BCUT2D eigenvalue weighted by molar-refractivity contribution is -0.122. The van der Waals surface area contributed by atoms with Gasteiger partial charge < -0.3 is 16.0 Å². The highest BCUT2D eigenvalue weighted by Crippen LogP contribution is 2.10. The summed E-state index contributed by atoms with van der Waals surface area (Å²) in [5.41, 5.74) is 7.26. The minimum atomic E-state index is -0.0120. The second-order valence-electron chi connectivity index (χ2n) is 5.56. The molecule has 2 rings (SSSR count). The standard InChI is InChI=1S/C17H24N4O2.2ClH/c1-2-7-19-16(22)13-20-8-10-21(11-9-20)17(23)15-5-3-14(12-18)4-6-15;;/h2-6H,1,7-13,18H2,(H,19,22);2*1H. The first-order valence-electron chi connectivity index (χ1n) is 7.82. The van der Waals surface area contributed by atoms with E-state index in [1.165, 1.54) is 0 Å². The van der Waals surface area contributed by atoms with E-state index in [-0.39, 0.29) is 36.6 Å². The molecule has 6 nitrogen and oxygen atoms in total. The largest absolute Gasteiger partial charge is 0.352 e. The van der Waals surface area contributed by atoms with Gasteiger partial charge in [-0.15, -0.1) is 31.4 Å². The smallest absolute Gasteiger partial charge is 0.253 e. The van der Waals surface area contributed by atoms with Crippen molar-refractivity contribution in [3.63, 3.8) is 0 Å². The molecule has 0 aliphatic carbocycles. The molecule has 1 saturated heterocycles. The van der Waals surface area contributed by atoms with Crippen molar-refractivity contribution >= 4 is 36.6 Å². The van der Waals surface area contributed by atoms with Crippen molar-refractivity contribution in [2.24, 2.45) is 5.73 Å². The maximum atomic E-state index is 12.5. The lowest BCUT2D eigenvalue weighted by Crippen LogP contribution is -2.51. The molecule has 0 unspecified atom stereocenters. The number of nitrogens with one attached hydrogen (secondary N) is 1. The van der Waals surface area contributed by atoms with Gasteiger partial charge in [0.25, 0.3) is 5.91 Å². The summed E-state index contributed by atoms with van der Waals surface area (Å²) in [5.74, 6) is 0.0198. The highest BCUT2D eigenvalue weighted by molar-refractivity contribution is 5.94. The summed E-state index contributed by atoms with van der Waals surface area (Å²) < 4.78 is 0. The molecule has 1 aromatic carbocycles. The Kier molecular flexibility index (Phi) is 11.1. The van der Waals surface area contributed by atoms with E-state index in [1.807, 2.05) is 29.2 Å². The van der Waals surface area contributed by atoms with Crippen LogP contribution in [0.3, 0.4) is 0 Å². The van der Waals surface area contributed by atoms with E-state index in [0.717, 1.165) is 5.56 Å². The van der Waals surface area contributed by atoms with Crippen LogP contribution in [0, 0.1) is 0 Å². The molecule has 0 bridgehead atoms. The van der Waals surface area contributed by atoms with Crippen molar-refractivity contribution in [1.82, 2.24) is 15.1 Å². The second kappa shape index (κ2) is 11.9. The lowest BCUT2D eigenvalue weighted by atomic mass is 10.1. The minimum absolute atomic E-state index is 0. The molecule has 1 aliphatic rings.